The molecule has 0 spiro atoms. The Balaban J connectivity index is 1.68. The van der Waals surface area contributed by atoms with E-state index in [4.69, 9.17) is 9.05 Å². The second-order valence-corrected chi connectivity index (χ2v) is 19.5. The summed E-state index contributed by atoms with van der Waals surface area (Å²) in [6.07, 6.45) is 11.1. The van der Waals surface area contributed by atoms with Crippen LogP contribution < -0.4 is 9.05 Å². The van der Waals surface area contributed by atoms with Gasteiger partial charge in [-0.3, -0.25) is 4.89 Å². The summed E-state index contributed by atoms with van der Waals surface area (Å²) in [5, 5.41) is 4.09. The number of fused-ring (bicyclic) bond motifs is 7. The first-order chi connectivity index (χ1) is 25.9. The van der Waals surface area contributed by atoms with E-state index in [-0.39, 0.29) is 23.7 Å². The summed E-state index contributed by atoms with van der Waals surface area (Å²) >= 11 is 0. The van der Waals surface area contributed by atoms with E-state index in [1.54, 1.807) is 0 Å². The number of phosphoric acid groups is 1. The molecular weight excluding hydrogens is 696 g/mol. The maximum Gasteiger partial charge on any atom is 0.584 e. The number of benzene rings is 4. The highest BCUT2D eigenvalue weighted by atomic mass is 31.2. The van der Waals surface area contributed by atoms with Gasteiger partial charge in [0.15, 0.2) is 0 Å². The van der Waals surface area contributed by atoms with Gasteiger partial charge in [0.05, 0.1) is 0 Å². The van der Waals surface area contributed by atoms with Gasteiger partial charge in [-0.15, -0.1) is 0 Å². The molecule has 0 saturated heterocycles. The zero-order valence-corrected chi connectivity index (χ0v) is 36.0. The highest BCUT2D eigenvalue weighted by molar-refractivity contribution is 7.48. The lowest BCUT2D eigenvalue weighted by atomic mass is 9.58. The van der Waals surface area contributed by atoms with Gasteiger partial charge in [0, 0.05) is 33.1 Å². The summed E-state index contributed by atoms with van der Waals surface area (Å²) < 4.78 is 28.1. The van der Waals surface area contributed by atoms with Crippen LogP contribution in [0.15, 0.2) is 107 Å². The second kappa shape index (κ2) is 14.3. The van der Waals surface area contributed by atoms with Gasteiger partial charge in [0.25, 0.3) is 0 Å². The topological polar surface area (TPSA) is 55.8 Å². The van der Waals surface area contributed by atoms with Crippen molar-refractivity contribution in [1.82, 2.24) is 0 Å². The molecule has 1 heterocycles. The van der Waals surface area contributed by atoms with Gasteiger partial charge < -0.3 is 9.05 Å². The average Bonchev–Trinajstić information content (AvgIpc) is 3.26. The predicted molar refractivity (Wildman–Crippen MR) is 232 cm³/mol. The van der Waals surface area contributed by atoms with E-state index in [1.807, 2.05) is 0 Å². The Bertz CT molecular complexity index is 2190. The molecule has 4 nitrogen and oxygen atoms in total. The Hall–Kier alpha value is -3.85. The molecule has 55 heavy (non-hydrogen) atoms. The number of hydrogen-bond donors (Lipinski definition) is 1. The summed E-state index contributed by atoms with van der Waals surface area (Å²) in [4.78, 5) is 12.1. The molecule has 0 fully saturated rings. The van der Waals surface area contributed by atoms with Crippen LogP contribution in [-0.4, -0.2) is 4.89 Å². The third-order valence-corrected chi connectivity index (χ3v) is 14.0. The fourth-order valence-corrected chi connectivity index (χ4v) is 11.1. The van der Waals surface area contributed by atoms with E-state index in [0.717, 1.165) is 56.6 Å². The molecule has 290 valence electrons. The van der Waals surface area contributed by atoms with Crippen molar-refractivity contribution in [3.05, 3.63) is 118 Å². The lowest BCUT2D eigenvalue weighted by molar-refractivity contribution is 0.277. The number of hydrogen-bond acceptors (Lipinski definition) is 3. The second-order valence-electron chi connectivity index (χ2n) is 18.2. The van der Waals surface area contributed by atoms with Crippen molar-refractivity contribution >= 4 is 29.4 Å². The van der Waals surface area contributed by atoms with E-state index in [9.17, 15) is 9.46 Å². The van der Waals surface area contributed by atoms with Crippen molar-refractivity contribution in [2.24, 2.45) is 35.5 Å². The summed E-state index contributed by atoms with van der Waals surface area (Å²) in [5.41, 5.74) is 7.88. The standard InChI is InChI=1S/C50H61O4P/c1-29(2)35-21-23-49(33(9)10,41(25-35)31(5)6)43-27-37-17-13-15-19-39(37)45-46-40-20-16-14-18-38(40)28-44(48(46)54-55(51,52)53-47(43)45)50(34(11)12)24-22-36(30(3)4)26-42(50)32(7)8/h13-22,25-34H,23-24H2,1-12H3,(H,51,52)/t49-,50?/m0/s1. The molecule has 0 bridgehead atoms. The van der Waals surface area contributed by atoms with Crippen LogP contribution in [0, 0.1) is 35.5 Å². The SMILES string of the molecule is CC(C)C1=CCC(c2cc3ccccc3c3c2OP(=O)(O)Oc2c([C@]4(C(C)C)CC=C(C(C)C)C=C4C(C)C)cc4ccccc4c2-3)(C(C)C)C(C(C)C)=C1. The third kappa shape index (κ3) is 6.27. The van der Waals surface area contributed by atoms with Crippen molar-refractivity contribution in [3.8, 4) is 22.6 Å². The van der Waals surface area contributed by atoms with Gasteiger partial charge in [-0.05, 0) is 93.2 Å². The molecule has 4 aromatic carbocycles. The molecule has 0 saturated carbocycles. The summed E-state index contributed by atoms with van der Waals surface area (Å²) in [6, 6.07) is 21.4. The Kier molecular flexibility index (Phi) is 10.2. The van der Waals surface area contributed by atoms with E-state index >= 15 is 0 Å². The molecule has 1 N–H and O–H groups in total. The van der Waals surface area contributed by atoms with Crippen LogP contribution in [0.25, 0.3) is 32.7 Å². The van der Waals surface area contributed by atoms with Crippen LogP contribution in [0.2, 0.25) is 0 Å². The highest BCUT2D eigenvalue weighted by Gasteiger charge is 2.50. The van der Waals surface area contributed by atoms with Crippen LogP contribution in [0.4, 0.5) is 0 Å². The van der Waals surface area contributed by atoms with Gasteiger partial charge in [-0.25, -0.2) is 4.57 Å². The fraction of sp³-hybridized carbons (Fsp3) is 0.440. The zero-order chi connectivity index (χ0) is 39.8. The van der Waals surface area contributed by atoms with Gasteiger partial charge in [-0.1, -0.05) is 167 Å². The van der Waals surface area contributed by atoms with Crippen molar-refractivity contribution in [2.45, 2.75) is 107 Å². The average molecular weight is 757 g/mol. The Morgan fingerprint density at radius 1 is 0.564 bits per heavy atom. The normalized spacial score (nSPS) is 24.1. The van der Waals surface area contributed by atoms with Crippen molar-refractivity contribution in [2.75, 3.05) is 0 Å². The van der Waals surface area contributed by atoms with Gasteiger partial charge in [-0.2, -0.15) is 0 Å². The van der Waals surface area contributed by atoms with E-state index in [1.165, 1.54) is 22.3 Å². The van der Waals surface area contributed by atoms with Crippen LogP contribution in [0.3, 0.4) is 0 Å². The highest BCUT2D eigenvalue weighted by Crippen LogP contribution is 2.65. The molecule has 2 unspecified atom stereocenters. The lowest BCUT2D eigenvalue weighted by Gasteiger charge is -2.45. The first-order valence-corrected chi connectivity index (χ1v) is 22.1. The van der Waals surface area contributed by atoms with Crippen LogP contribution in [-0.2, 0) is 15.4 Å². The summed E-state index contributed by atoms with van der Waals surface area (Å²) in [5.74, 6) is 2.45. The monoisotopic (exact) mass is 756 g/mol. The first kappa shape index (κ1) is 39.4. The lowest BCUT2D eigenvalue weighted by Crippen LogP contribution is -2.38. The van der Waals surface area contributed by atoms with Crippen molar-refractivity contribution in [3.63, 3.8) is 0 Å². The van der Waals surface area contributed by atoms with Gasteiger partial charge >= 0.3 is 7.82 Å². The zero-order valence-electron chi connectivity index (χ0n) is 35.1. The first-order valence-electron chi connectivity index (χ1n) is 20.6. The third-order valence-electron chi connectivity index (χ3n) is 13.2. The summed E-state index contributed by atoms with van der Waals surface area (Å²) in [7, 11) is -4.74. The molecule has 0 amide bonds. The Labute approximate surface area is 330 Å². The van der Waals surface area contributed by atoms with E-state index in [2.05, 4.69) is 168 Å². The molecule has 5 heteroatoms. The summed E-state index contributed by atoms with van der Waals surface area (Å²) in [6.45, 7) is 27.2. The molecule has 0 aromatic heterocycles. The largest absolute Gasteiger partial charge is 0.584 e. The quantitative estimate of drug-likeness (QED) is 0.182. The maximum absolute atomic E-state index is 14.8. The number of rotatable bonds is 8. The smallest absolute Gasteiger partial charge is 0.394 e. The van der Waals surface area contributed by atoms with E-state index in [0.29, 0.717) is 23.3 Å². The molecule has 1 aliphatic heterocycles. The van der Waals surface area contributed by atoms with Gasteiger partial charge in [0.2, 0.25) is 0 Å². The van der Waals surface area contributed by atoms with Crippen LogP contribution in [0.5, 0.6) is 11.5 Å². The minimum Gasteiger partial charge on any atom is -0.394 e. The minimum atomic E-state index is -4.74. The number of phosphoric ester groups is 1. The molecule has 0 radical (unpaired) electrons. The molecule has 4 aromatic rings. The van der Waals surface area contributed by atoms with E-state index < -0.39 is 18.7 Å². The van der Waals surface area contributed by atoms with Crippen LogP contribution in [0.1, 0.15) is 107 Å². The van der Waals surface area contributed by atoms with Crippen molar-refractivity contribution < 1.29 is 18.5 Å². The predicted octanol–water partition coefficient (Wildman–Crippen LogP) is 14.5. The molecule has 2 aliphatic carbocycles. The Morgan fingerprint density at radius 3 is 1.25 bits per heavy atom. The van der Waals surface area contributed by atoms with Gasteiger partial charge in [0.1, 0.15) is 11.5 Å². The maximum atomic E-state index is 14.8. The van der Waals surface area contributed by atoms with Crippen LogP contribution >= 0.6 is 7.82 Å². The minimum absolute atomic E-state index is 0.150. The molecule has 3 atom stereocenters. The molecule has 3 aliphatic rings. The molecule has 7 rings (SSSR count). The number of allylic oxidation sites excluding steroid dienone is 8. The van der Waals surface area contributed by atoms with Crippen molar-refractivity contribution in [1.29, 1.82) is 0 Å². The Morgan fingerprint density at radius 2 is 0.927 bits per heavy atom. The molecular formula is C50H61O4P. The fourth-order valence-electron chi connectivity index (χ4n) is 10.2.